The fraction of sp³-hybridized carbons (Fsp3) is 0.364. The summed E-state index contributed by atoms with van der Waals surface area (Å²) in [6.07, 6.45) is 0.336. The molecule has 0 aliphatic carbocycles. The Hall–Kier alpha value is -3.17. The minimum Gasteiger partial charge on any atom is -0.460 e. The molecule has 2 heterocycles. The Bertz CT molecular complexity index is 1120. The van der Waals surface area contributed by atoms with Crippen molar-refractivity contribution in [1.29, 1.82) is 0 Å². The maximum Gasteiger partial charge on any atom is 0.282 e. The summed E-state index contributed by atoms with van der Waals surface area (Å²) < 4.78 is 21.2. The maximum atomic E-state index is 14.4. The van der Waals surface area contributed by atoms with E-state index in [2.05, 4.69) is 10.8 Å². The van der Waals surface area contributed by atoms with Crippen molar-refractivity contribution in [2.45, 2.75) is 34.1 Å². The number of furan rings is 1. The molecule has 0 unspecified atom stereocenters. The summed E-state index contributed by atoms with van der Waals surface area (Å²) in [5, 5.41) is 11.9. The van der Waals surface area contributed by atoms with Crippen LogP contribution >= 0.6 is 0 Å². The van der Waals surface area contributed by atoms with Crippen LogP contribution in [0.3, 0.4) is 0 Å². The number of aromatic nitrogens is 1. The first-order chi connectivity index (χ1) is 14.8. The Morgan fingerprint density at radius 2 is 1.97 bits per heavy atom. The van der Waals surface area contributed by atoms with E-state index in [1.165, 1.54) is 29.8 Å². The summed E-state index contributed by atoms with van der Waals surface area (Å²) in [6.45, 7) is 7.43. The van der Waals surface area contributed by atoms with E-state index in [-0.39, 0.29) is 41.3 Å². The summed E-state index contributed by atoms with van der Waals surface area (Å²) in [6, 6.07) is 6.11. The second-order valence-corrected chi connectivity index (χ2v) is 6.65. The van der Waals surface area contributed by atoms with Gasteiger partial charge in [-0.15, -0.1) is 0 Å². The number of rotatable bonds is 7. The van der Waals surface area contributed by atoms with Crippen molar-refractivity contribution < 1.29 is 23.5 Å². The van der Waals surface area contributed by atoms with Crippen LogP contribution < -0.4 is 16.4 Å². The summed E-state index contributed by atoms with van der Waals surface area (Å²) >= 11 is 0. The topological polar surface area (TPSA) is 106 Å². The van der Waals surface area contributed by atoms with Crippen LogP contribution in [0.4, 0.5) is 15.9 Å². The fourth-order valence-corrected chi connectivity index (χ4v) is 2.93. The zero-order chi connectivity index (χ0) is 23.1. The third kappa shape index (κ3) is 5.31. The number of halogens is 1. The van der Waals surface area contributed by atoms with Gasteiger partial charge in [-0.25, -0.2) is 9.87 Å². The van der Waals surface area contributed by atoms with Crippen LogP contribution in [-0.4, -0.2) is 28.8 Å². The number of benzene rings is 1. The molecule has 8 nitrogen and oxygen atoms in total. The van der Waals surface area contributed by atoms with Crippen LogP contribution in [0.5, 0.6) is 0 Å². The number of hydrogen-bond acceptors (Lipinski definition) is 6. The number of nitrogens with zero attached hydrogens (tertiary/aromatic N) is 1. The number of fused-ring (bicyclic) bond motifs is 1. The van der Waals surface area contributed by atoms with E-state index in [0.29, 0.717) is 12.2 Å². The maximum absolute atomic E-state index is 14.4. The molecule has 0 saturated carbocycles. The van der Waals surface area contributed by atoms with Crippen molar-refractivity contribution in [3.8, 4) is 0 Å². The molecule has 168 valence electrons. The second-order valence-electron chi connectivity index (χ2n) is 6.65. The summed E-state index contributed by atoms with van der Waals surface area (Å²) in [5.41, 5.74) is 2.78. The van der Waals surface area contributed by atoms with Crippen LogP contribution in [0.2, 0.25) is 0 Å². The quantitative estimate of drug-likeness (QED) is 0.388. The number of anilines is 2. The molecule has 1 aromatic carbocycles. The lowest BCUT2D eigenvalue weighted by atomic mass is 10.1. The van der Waals surface area contributed by atoms with Gasteiger partial charge in [0.25, 0.3) is 11.5 Å². The van der Waals surface area contributed by atoms with E-state index in [9.17, 15) is 14.0 Å². The van der Waals surface area contributed by atoms with Crippen molar-refractivity contribution in [2.24, 2.45) is 7.05 Å². The van der Waals surface area contributed by atoms with Gasteiger partial charge in [-0.3, -0.25) is 19.0 Å². The second kappa shape index (κ2) is 10.7. The molecule has 1 amide bonds. The van der Waals surface area contributed by atoms with E-state index in [1.54, 1.807) is 19.9 Å². The van der Waals surface area contributed by atoms with Crippen molar-refractivity contribution in [1.82, 2.24) is 10.0 Å². The molecule has 3 rings (SSSR count). The number of pyridine rings is 1. The lowest BCUT2D eigenvalue weighted by Crippen LogP contribution is -2.29. The summed E-state index contributed by atoms with van der Waals surface area (Å²) in [7, 11) is 1.47. The molecule has 0 spiro atoms. The Kier molecular flexibility index (Phi) is 8.35. The minimum atomic E-state index is -0.673. The van der Waals surface area contributed by atoms with Crippen molar-refractivity contribution >= 4 is 28.4 Å². The van der Waals surface area contributed by atoms with E-state index in [4.69, 9.17) is 14.4 Å². The van der Waals surface area contributed by atoms with Gasteiger partial charge in [0.05, 0.1) is 17.7 Å². The van der Waals surface area contributed by atoms with Crippen LogP contribution in [0.1, 0.15) is 41.9 Å². The number of aliphatic hydroxyl groups is 1. The van der Waals surface area contributed by atoms with Gasteiger partial charge in [-0.2, -0.15) is 0 Å². The average molecular weight is 433 g/mol. The van der Waals surface area contributed by atoms with Gasteiger partial charge in [-0.05, 0) is 44.0 Å². The molecule has 0 radical (unpaired) electrons. The zero-order valence-electron chi connectivity index (χ0n) is 18.3. The number of carbonyl (C=O) groups excluding carboxylic acids is 1. The average Bonchev–Trinajstić information content (AvgIpc) is 3.13. The van der Waals surface area contributed by atoms with Crippen LogP contribution in [-0.2, 0) is 11.9 Å². The van der Waals surface area contributed by atoms with E-state index in [1.807, 2.05) is 13.8 Å². The van der Waals surface area contributed by atoms with Gasteiger partial charge in [0.1, 0.15) is 23.0 Å². The van der Waals surface area contributed by atoms with Crippen molar-refractivity contribution in [3.05, 3.63) is 57.3 Å². The zero-order valence-corrected chi connectivity index (χ0v) is 18.3. The van der Waals surface area contributed by atoms with E-state index in [0.717, 1.165) is 5.56 Å². The molecule has 0 aliphatic rings. The first-order valence-corrected chi connectivity index (χ1v) is 10.0. The third-order valence-corrected chi connectivity index (χ3v) is 4.36. The van der Waals surface area contributed by atoms with Gasteiger partial charge in [-0.1, -0.05) is 19.9 Å². The standard InChI is InChI=1S/C20H22FN3O5.C2H6/c1-11-5-6-15(14(21)9-11)22-18-16(19(26)23-28-8-4-7-25)17-13(10-12(2)29-17)20(27)24(18)3;1-2/h5-6,9-10,22,25H,4,7-8H2,1-3H3,(H,23,26);1-2H3. The van der Waals surface area contributed by atoms with Crippen LogP contribution in [0.15, 0.2) is 33.5 Å². The highest BCUT2D eigenvalue weighted by Crippen LogP contribution is 2.29. The molecular weight excluding hydrogens is 405 g/mol. The van der Waals surface area contributed by atoms with Crippen LogP contribution in [0, 0.1) is 19.7 Å². The molecule has 0 atom stereocenters. The van der Waals surface area contributed by atoms with Gasteiger partial charge in [0.2, 0.25) is 0 Å². The highest BCUT2D eigenvalue weighted by atomic mass is 19.1. The van der Waals surface area contributed by atoms with Crippen molar-refractivity contribution in [2.75, 3.05) is 18.5 Å². The molecule has 3 N–H and O–H groups in total. The third-order valence-electron chi connectivity index (χ3n) is 4.36. The first-order valence-electron chi connectivity index (χ1n) is 10.0. The predicted molar refractivity (Wildman–Crippen MR) is 117 cm³/mol. The normalized spacial score (nSPS) is 10.5. The molecule has 31 heavy (non-hydrogen) atoms. The number of amides is 1. The lowest BCUT2D eigenvalue weighted by molar-refractivity contribution is 0.0262. The molecule has 2 aromatic heterocycles. The Morgan fingerprint density at radius 1 is 1.26 bits per heavy atom. The van der Waals surface area contributed by atoms with Gasteiger partial charge >= 0.3 is 0 Å². The highest BCUT2D eigenvalue weighted by molar-refractivity contribution is 6.09. The number of hydrogen-bond donors (Lipinski definition) is 3. The number of nitrogens with one attached hydrogen (secondary N) is 2. The number of aryl methyl sites for hydroxylation is 2. The molecule has 0 saturated heterocycles. The fourth-order valence-electron chi connectivity index (χ4n) is 2.93. The first kappa shape index (κ1) is 24.1. The Labute approximate surface area is 179 Å². The molecule has 9 heteroatoms. The molecule has 0 bridgehead atoms. The summed E-state index contributed by atoms with van der Waals surface area (Å²) in [4.78, 5) is 30.7. The van der Waals surface area contributed by atoms with Crippen molar-refractivity contribution in [3.63, 3.8) is 0 Å². The highest BCUT2D eigenvalue weighted by Gasteiger charge is 2.25. The van der Waals surface area contributed by atoms with Gasteiger partial charge in [0.15, 0.2) is 5.58 Å². The minimum absolute atomic E-state index is 0.000765. The smallest absolute Gasteiger partial charge is 0.282 e. The van der Waals surface area contributed by atoms with E-state index < -0.39 is 17.3 Å². The number of aliphatic hydroxyl groups excluding tert-OH is 1. The van der Waals surface area contributed by atoms with Gasteiger partial charge in [0, 0.05) is 13.7 Å². The molecule has 0 aliphatic heterocycles. The molecular formula is C22H28FN3O5. The molecule has 0 fully saturated rings. The van der Waals surface area contributed by atoms with E-state index >= 15 is 0 Å². The SMILES string of the molecule is CC.Cc1ccc(Nc2c(C(=O)NOCCCO)c3oc(C)cc3c(=O)n2C)c(F)c1. The van der Waals surface area contributed by atoms with Gasteiger partial charge < -0.3 is 14.8 Å². The number of carbonyl (C=O) groups is 1. The monoisotopic (exact) mass is 433 g/mol. The largest absolute Gasteiger partial charge is 0.460 e. The lowest BCUT2D eigenvalue weighted by Gasteiger charge is -2.17. The van der Waals surface area contributed by atoms with Crippen LogP contribution in [0.25, 0.3) is 11.0 Å². The Morgan fingerprint density at radius 3 is 2.61 bits per heavy atom. The Balaban J connectivity index is 0.00000166. The summed E-state index contributed by atoms with van der Waals surface area (Å²) in [5.74, 6) is -0.694. The predicted octanol–water partition coefficient (Wildman–Crippen LogP) is 3.70. The number of hydroxylamine groups is 1. The molecule has 3 aromatic rings.